The summed E-state index contributed by atoms with van der Waals surface area (Å²) >= 11 is 0. The van der Waals surface area contributed by atoms with Gasteiger partial charge in [-0.3, -0.25) is 0 Å². The van der Waals surface area contributed by atoms with Gasteiger partial charge in [-0.25, -0.2) is 4.98 Å². The third-order valence-electron chi connectivity index (χ3n) is 7.50. The molecule has 8 nitrogen and oxygen atoms in total. The molecule has 2 aromatic carbocycles. The second-order valence-electron chi connectivity index (χ2n) is 9.61. The van der Waals surface area contributed by atoms with Crippen LogP contribution in [0.4, 0.5) is 11.5 Å². The SMILES string of the molecule is COc1cc(OC)cc(-c2cc3nc4c(c(N5CCN(c6ccccc6OC)CC5)n3n2)CCCC4)c1. The number of ether oxygens (including phenoxy) is 3. The van der Waals surface area contributed by atoms with Gasteiger partial charge in [-0.05, 0) is 49.9 Å². The molecule has 1 fully saturated rings. The molecule has 0 radical (unpaired) electrons. The molecule has 6 rings (SSSR count). The monoisotopic (exact) mass is 499 g/mol. The largest absolute Gasteiger partial charge is 0.497 e. The van der Waals surface area contributed by atoms with Crippen LogP contribution in [0.15, 0.2) is 48.5 Å². The van der Waals surface area contributed by atoms with Gasteiger partial charge in [0.05, 0.1) is 32.7 Å². The van der Waals surface area contributed by atoms with Gasteiger partial charge in [-0.1, -0.05) is 12.1 Å². The minimum atomic E-state index is 0.742. The summed E-state index contributed by atoms with van der Waals surface area (Å²) in [6.07, 6.45) is 4.44. The van der Waals surface area contributed by atoms with Gasteiger partial charge in [0.15, 0.2) is 5.65 Å². The molecule has 0 atom stereocenters. The third-order valence-corrected chi connectivity index (χ3v) is 7.50. The van der Waals surface area contributed by atoms with E-state index in [9.17, 15) is 0 Å². The second-order valence-corrected chi connectivity index (χ2v) is 9.61. The van der Waals surface area contributed by atoms with Crippen molar-refractivity contribution in [2.24, 2.45) is 0 Å². The van der Waals surface area contributed by atoms with Gasteiger partial charge in [0.1, 0.15) is 23.1 Å². The average Bonchev–Trinajstić information content (AvgIpc) is 3.39. The molecule has 3 heterocycles. The maximum Gasteiger partial charge on any atom is 0.158 e. The lowest BCUT2D eigenvalue weighted by Gasteiger charge is -2.39. The molecule has 0 N–H and O–H groups in total. The van der Waals surface area contributed by atoms with E-state index in [0.717, 1.165) is 78.9 Å². The lowest BCUT2D eigenvalue weighted by Crippen LogP contribution is -2.47. The molecule has 2 aliphatic rings. The highest BCUT2D eigenvalue weighted by atomic mass is 16.5. The van der Waals surface area contributed by atoms with Crippen LogP contribution in [0.3, 0.4) is 0 Å². The Bertz CT molecular complexity index is 1400. The van der Waals surface area contributed by atoms with Crippen LogP contribution >= 0.6 is 0 Å². The number of benzene rings is 2. The first-order valence-corrected chi connectivity index (χ1v) is 13.0. The normalized spacial score (nSPS) is 15.5. The molecule has 192 valence electrons. The number of hydrogen-bond acceptors (Lipinski definition) is 7. The highest BCUT2D eigenvalue weighted by Crippen LogP contribution is 2.35. The zero-order chi connectivity index (χ0) is 25.4. The molecule has 0 amide bonds. The Kier molecular flexibility index (Phi) is 6.24. The summed E-state index contributed by atoms with van der Waals surface area (Å²) < 4.78 is 18.7. The molecule has 0 saturated carbocycles. The Morgan fingerprint density at radius 1 is 0.757 bits per heavy atom. The molecule has 0 bridgehead atoms. The maximum atomic E-state index is 5.62. The van der Waals surface area contributed by atoms with Crippen molar-refractivity contribution in [1.82, 2.24) is 14.6 Å². The molecule has 2 aromatic heterocycles. The number of para-hydroxylation sites is 2. The van der Waals surface area contributed by atoms with Gasteiger partial charge in [0.25, 0.3) is 0 Å². The van der Waals surface area contributed by atoms with Crippen molar-refractivity contribution in [3.63, 3.8) is 0 Å². The minimum Gasteiger partial charge on any atom is -0.497 e. The lowest BCUT2D eigenvalue weighted by atomic mass is 9.96. The zero-order valence-corrected chi connectivity index (χ0v) is 21.7. The van der Waals surface area contributed by atoms with Crippen LogP contribution in [0.1, 0.15) is 24.1 Å². The lowest BCUT2D eigenvalue weighted by molar-refractivity contribution is 0.394. The first-order valence-electron chi connectivity index (χ1n) is 13.0. The summed E-state index contributed by atoms with van der Waals surface area (Å²) in [5, 5.41) is 5.09. The molecule has 1 aliphatic heterocycles. The van der Waals surface area contributed by atoms with Crippen LogP contribution in [0.5, 0.6) is 17.2 Å². The highest BCUT2D eigenvalue weighted by molar-refractivity contribution is 5.70. The third kappa shape index (κ3) is 4.30. The fourth-order valence-corrected chi connectivity index (χ4v) is 5.60. The molecular formula is C29H33N5O3. The quantitative estimate of drug-likeness (QED) is 0.383. The van der Waals surface area contributed by atoms with Gasteiger partial charge < -0.3 is 24.0 Å². The van der Waals surface area contributed by atoms with Gasteiger partial charge in [0, 0.05) is 55.1 Å². The number of rotatable bonds is 6. The van der Waals surface area contributed by atoms with E-state index in [1.165, 1.54) is 29.9 Å². The summed E-state index contributed by atoms with van der Waals surface area (Å²) in [5.41, 5.74) is 6.42. The van der Waals surface area contributed by atoms with E-state index in [4.69, 9.17) is 24.3 Å². The van der Waals surface area contributed by atoms with Crippen molar-refractivity contribution in [2.75, 3.05) is 57.3 Å². The summed E-state index contributed by atoms with van der Waals surface area (Å²) in [6.45, 7) is 3.65. The van der Waals surface area contributed by atoms with Crippen LogP contribution in [-0.4, -0.2) is 62.1 Å². The van der Waals surface area contributed by atoms with Gasteiger partial charge in [-0.15, -0.1) is 0 Å². The molecule has 0 unspecified atom stereocenters. The number of aryl methyl sites for hydroxylation is 1. The first-order chi connectivity index (χ1) is 18.2. The second kappa shape index (κ2) is 9.84. The average molecular weight is 500 g/mol. The fraction of sp³-hybridized carbons (Fsp3) is 0.379. The number of piperazine rings is 1. The van der Waals surface area contributed by atoms with Crippen molar-refractivity contribution in [2.45, 2.75) is 25.7 Å². The number of fused-ring (bicyclic) bond motifs is 2. The van der Waals surface area contributed by atoms with Crippen molar-refractivity contribution in [3.8, 4) is 28.5 Å². The number of aromatic nitrogens is 3. The van der Waals surface area contributed by atoms with Gasteiger partial charge in [-0.2, -0.15) is 9.61 Å². The van der Waals surface area contributed by atoms with E-state index in [-0.39, 0.29) is 0 Å². The Morgan fingerprint density at radius 2 is 1.46 bits per heavy atom. The van der Waals surface area contributed by atoms with Gasteiger partial charge >= 0.3 is 0 Å². The van der Waals surface area contributed by atoms with Crippen LogP contribution in [0.2, 0.25) is 0 Å². The maximum absolute atomic E-state index is 5.62. The Morgan fingerprint density at radius 3 is 2.19 bits per heavy atom. The smallest absolute Gasteiger partial charge is 0.158 e. The van der Waals surface area contributed by atoms with Crippen LogP contribution < -0.4 is 24.0 Å². The van der Waals surface area contributed by atoms with E-state index in [1.807, 2.05) is 30.3 Å². The van der Waals surface area contributed by atoms with E-state index < -0.39 is 0 Å². The van der Waals surface area contributed by atoms with E-state index >= 15 is 0 Å². The predicted octanol–water partition coefficient (Wildman–Crippen LogP) is 4.63. The fourth-order valence-electron chi connectivity index (χ4n) is 5.60. The topological polar surface area (TPSA) is 64.4 Å². The molecule has 1 aliphatic carbocycles. The van der Waals surface area contributed by atoms with Crippen LogP contribution in [-0.2, 0) is 12.8 Å². The summed E-state index contributed by atoms with van der Waals surface area (Å²) in [4.78, 5) is 9.98. The minimum absolute atomic E-state index is 0.742. The van der Waals surface area contributed by atoms with E-state index in [1.54, 1.807) is 21.3 Å². The number of anilines is 2. The van der Waals surface area contributed by atoms with Crippen molar-refractivity contribution in [1.29, 1.82) is 0 Å². The van der Waals surface area contributed by atoms with Crippen LogP contribution in [0, 0.1) is 0 Å². The molecule has 37 heavy (non-hydrogen) atoms. The summed E-state index contributed by atoms with van der Waals surface area (Å²) in [5.74, 6) is 3.60. The Hall–Kier alpha value is -3.94. The van der Waals surface area contributed by atoms with Crippen molar-refractivity contribution in [3.05, 3.63) is 59.8 Å². The highest BCUT2D eigenvalue weighted by Gasteiger charge is 2.27. The van der Waals surface area contributed by atoms with Crippen molar-refractivity contribution >= 4 is 17.2 Å². The molecule has 8 heteroatoms. The Labute approximate surface area is 217 Å². The van der Waals surface area contributed by atoms with Crippen LogP contribution in [0.25, 0.3) is 16.9 Å². The van der Waals surface area contributed by atoms with E-state index in [0.29, 0.717) is 0 Å². The summed E-state index contributed by atoms with van der Waals surface area (Å²) in [7, 11) is 5.07. The Balaban J connectivity index is 1.38. The number of methoxy groups -OCH3 is 3. The molecule has 1 saturated heterocycles. The number of hydrogen-bond donors (Lipinski definition) is 0. The number of nitrogens with zero attached hydrogens (tertiary/aromatic N) is 5. The standard InChI is InChI=1S/C29H33N5O3/c1-35-21-16-20(17-22(18-21)36-2)25-19-28-30-24-9-5-4-8-23(24)29(34(28)31-25)33-14-12-32(13-15-33)26-10-6-7-11-27(26)37-3/h6-7,10-11,16-19H,4-5,8-9,12-15H2,1-3H3. The predicted molar refractivity (Wildman–Crippen MR) is 146 cm³/mol. The van der Waals surface area contributed by atoms with Crippen molar-refractivity contribution < 1.29 is 14.2 Å². The molecule has 0 spiro atoms. The van der Waals surface area contributed by atoms with Gasteiger partial charge in [0.2, 0.25) is 0 Å². The zero-order valence-electron chi connectivity index (χ0n) is 21.7. The van der Waals surface area contributed by atoms with E-state index in [2.05, 4.69) is 32.5 Å². The molecule has 4 aromatic rings. The molecular weight excluding hydrogens is 466 g/mol. The first kappa shape index (κ1) is 23.5. The summed E-state index contributed by atoms with van der Waals surface area (Å²) in [6, 6.07) is 16.2.